The Kier molecular flexibility index (Phi) is 2.79. The summed E-state index contributed by atoms with van der Waals surface area (Å²) >= 11 is 0. The van der Waals surface area contributed by atoms with Gasteiger partial charge in [0.1, 0.15) is 6.10 Å². The Bertz CT molecular complexity index is 169. The predicted octanol–water partition coefficient (Wildman–Crippen LogP) is 1.90. The van der Waals surface area contributed by atoms with Crippen LogP contribution in [0.2, 0.25) is 0 Å². The molecule has 0 bridgehead atoms. The highest BCUT2D eigenvalue weighted by Gasteiger charge is 2.19. The highest BCUT2D eigenvalue weighted by molar-refractivity contribution is 5.11. The zero-order valence-corrected chi connectivity index (χ0v) is 7.42. The Morgan fingerprint density at radius 2 is 2.25 bits per heavy atom. The van der Waals surface area contributed by atoms with E-state index in [1.807, 2.05) is 0 Å². The zero-order valence-electron chi connectivity index (χ0n) is 7.42. The molecule has 1 fully saturated rings. The maximum atomic E-state index is 5.62. The monoisotopic (exact) mass is 168 g/mol. The molecule has 1 unspecified atom stereocenters. The topological polar surface area (TPSA) is 18.5 Å². The molecular weight excluding hydrogens is 152 g/mol. The third kappa shape index (κ3) is 1.87. The molecule has 0 aromatic rings. The van der Waals surface area contributed by atoms with Crippen molar-refractivity contribution in [3.63, 3.8) is 0 Å². The van der Waals surface area contributed by atoms with Crippen LogP contribution in [-0.4, -0.2) is 25.9 Å². The van der Waals surface area contributed by atoms with Gasteiger partial charge in [-0.3, -0.25) is 0 Å². The first-order valence-electron chi connectivity index (χ1n) is 4.85. The van der Waals surface area contributed by atoms with Gasteiger partial charge in [-0.2, -0.15) is 0 Å². The number of hydrogen-bond donors (Lipinski definition) is 0. The minimum Gasteiger partial charge on any atom is -0.376 e. The van der Waals surface area contributed by atoms with Crippen molar-refractivity contribution in [2.24, 2.45) is 0 Å². The van der Waals surface area contributed by atoms with Gasteiger partial charge in [0, 0.05) is 0 Å². The van der Waals surface area contributed by atoms with Crippen molar-refractivity contribution < 1.29 is 9.47 Å². The second-order valence-electron chi connectivity index (χ2n) is 3.46. The predicted molar refractivity (Wildman–Crippen MR) is 47.1 cm³/mol. The van der Waals surface area contributed by atoms with E-state index >= 15 is 0 Å². The normalized spacial score (nSPS) is 31.3. The van der Waals surface area contributed by atoms with E-state index in [1.54, 1.807) is 0 Å². The number of rotatable bonds is 1. The van der Waals surface area contributed by atoms with Crippen LogP contribution >= 0.6 is 0 Å². The summed E-state index contributed by atoms with van der Waals surface area (Å²) in [5, 5.41) is 0. The fraction of sp³-hybridized carbons (Fsp3) is 0.800. The summed E-state index contributed by atoms with van der Waals surface area (Å²) in [6, 6.07) is 0. The molecule has 0 saturated carbocycles. The summed E-state index contributed by atoms with van der Waals surface area (Å²) in [6.07, 6.45) is 7.73. The summed E-state index contributed by atoms with van der Waals surface area (Å²) < 4.78 is 11.0. The fourth-order valence-electron chi connectivity index (χ4n) is 1.86. The molecule has 0 amide bonds. The molecule has 0 radical (unpaired) electrons. The summed E-state index contributed by atoms with van der Waals surface area (Å²) in [5.74, 6) is 0. The molecule has 1 saturated heterocycles. The van der Waals surface area contributed by atoms with Crippen LogP contribution in [0.15, 0.2) is 11.6 Å². The third-order valence-corrected chi connectivity index (χ3v) is 2.56. The van der Waals surface area contributed by atoms with Crippen molar-refractivity contribution >= 4 is 0 Å². The highest BCUT2D eigenvalue weighted by atomic mass is 16.6. The average molecular weight is 168 g/mol. The lowest BCUT2D eigenvalue weighted by atomic mass is 9.95. The van der Waals surface area contributed by atoms with Gasteiger partial charge in [-0.05, 0) is 31.3 Å². The Labute approximate surface area is 73.5 Å². The lowest BCUT2D eigenvalue weighted by molar-refractivity contribution is -0.0737. The van der Waals surface area contributed by atoms with Crippen LogP contribution in [0, 0.1) is 0 Å². The molecule has 1 aliphatic heterocycles. The average Bonchev–Trinajstić information content (AvgIpc) is 2.21. The molecule has 1 heterocycles. The fourth-order valence-corrected chi connectivity index (χ4v) is 1.86. The molecule has 0 aromatic carbocycles. The molecule has 1 atom stereocenters. The van der Waals surface area contributed by atoms with Gasteiger partial charge >= 0.3 is 0 Å². The van der Waals surface area contributed by atoms with E-state index in [4.69, 9.17) is 9.47 Å². The first-order valence-corrected chi connectivity index (χ1v) is 4.85. The Balaban J connectivity index is 1.92. The summed E-state index contributed by atoms with van der Waals surface area (Å²) in [6.45, 7) is 2.30. The van der Waals surface area contributed by atoms with E-state index in [9.17, 15) is 0 Å². The smallest absolute Gasteiger partial charge is 0.102 e. The quantitative estimate of drug-likeness (QED) is 0.557. The molecule has 2 nitrogen and oxygen atoms in total. The first-order chi connectivity index (χ1) is 5.97. The van der Waals surface area contributed by atoms with Crippen LogP contribution in [-0.2, 0) is 9.47 Å². The Hall–Kier alpha value is -0.340. The van der Waals surface area contributed by atoms with Crippen LogP contribution < -0.4 is 0 Å². The number of ether oxygens (including phenoxy) is 2. The van der Waals surface area contributed by atoms with E-state index in [1.165, 1.54) is 31.3 Å². The minimum atomic E-state index is 0.277. The lowest BCUT2D eigenvalue weighted by Gasteiger charge is -2.27. The van der Waals surface area contributed by atoms with E-state index < -0.39 is 0 Å². The van der Waals surface area contributed by atoms with Crippen molar-refractivity contribution in [3.05, 3.63) is 11.6 Å². The van der Waals surface area contributed by atoms with Gasteiger partial charge in [-0.25, -0.2) is 0 Å². The molecule has 0 N–H and O–H groups in total. The van der Waals surface area contributed by atoms with Crippen LogP contribution in [0.3, 0.4) is 0 Å². The van der Waals surface area contributed by atoms with Crippen molar-refractivity contribution in [2.45, 2.75) is 31.8 Å². The standard InChI is InChI=1S/C10H16O2/c1-2-4-9(5-3-1)10-8-11-6-7-12-10/h4,10H,1-3,5-8H2. The molecule has 2 aliphatic rings. The molecule has 1 aliphatic carbocycles. The second kappa shape index (κ2) is 4.06. The first kappa shape index (κ1) is 8.27. The largest absolute Gasteiger partial charge is 0.376 e. The lowest BCUT2D eigenvalue weighted by Crippen LogP contribution is -2.30. The van der Waals surface area contributed by atoms with Crippen LogP contribution in [0.1, 0.15) is 25.7 Å². The minimum absolute atomic E-state index is 0.277. The Morgan fingerprint density at radius 1 is 1.25 bits per heavy atom. The van der Waals surface area contributed by atoms with E-state index in [0.717, 1.165) is 19.8 Å². The van der Waals surface area contributed by atoms with E-state index in [-0.39, 0.29) is 6.10 Å². The molecular formula is C10H16O2. The van der Waals surface area contributed by atoms with E-state index in [2.05, 4.69) is 6.08 Å². The van der Waals surface area contributed by atoms with Gasteiger partial charge in [0.2, 0.25) is 0 Å². The summed E-state index contributed by atoms with van der Waals surface area (Å²) in [5.41, 5.74) is 1.47. The van der Waals surface area contributed by atoms with Gasteiger partial charge in [-0.15, -0.1) is 0 Å². The highest BCUT2D eigenvalue weighted by Crippen LogP contribution is 2.23. The molecule has 2 heteroatoms. The molecule has 2 rings (SSSR count). The van der Waals surface area contributed by atoms with Gasteiger partial charge in [0.05, 0.1) is 19.8 Å². The maximum Gasteiger partial charge on any atom is 0.102 e. The number of hydrogen-bond acceptors (Lipinski definition) is 2. The van der Waals surface area contributed by atoms with Crippen LogP contribution in [0.4, 0.5) is 0 Å². The van der Waals surface area contributed by atoms with Crippen molar-refractivity contribution in [1.82, 2.24) is 0 Å². The molecule has 12 heavy (non-hydrogen) atoms. The van der Waals surface area contributed by atoms with Gasteiger partial charge in [0.15, 0.2) is 0 Å². The van der Waals surface area contributed by atoms with Crippen molar-refractivity contribution in [1.29, 1.82) is 0 Å². The maximum absolute atomic E-state index is 5.62. The Morgan fingerprint density at radius 3 is 2.92 bits per heavy atom. The van der Waals surface area contributed by atoms with Gasteiger partial charge < -0.3 is 9.47 Å². The van der Waals surface area contributed by atoms with Crippen molar-refractivity contribution in [2.75, 3.05) is 19.8 Å². The number of allylic oxidation sites excluding steroid dienone is 1. The van der Waals surface area contributed by atoms with Crippen molar-refractivity contribution in [3.8, 4) is 0 Å². The van der Waals surface area contributed by atoms with Gasteiger partial charge in [-0.1, -0.05) is 6.08 Å². The SMILES string of the molecule is C1=C(C2COCCO2)CCCC1. The second-order valence-corrected chi connectivity index (χ2v) is 3.46. The summed E-state index contributed by atoms with van der Waals surface area (Å²) in [4.78, 5) is 0. The van der Waals surface area contributed by atoms with E-state index in [0.29, 0.717) is 0 Å². The molecule has 0 aromatic heterocycles. The molecule has 68 valence electrons. The molecule has 0 spiro atoms. The van der Waals surface area contributed by atoms with Gasteiger partial charge in [0.25, 0.3) is 0 Å². The van der Waals surface area contributed by atoms with Crippen LogP contribution in [0.5, 0.6) is 0 Å². The third-order valence-electron chi connectivity index (χ3n) is 2.56. The zero-order chi connectivity index (χ0) is 8.23. The summed E-state index contributed by atoms with van der Waals surface area (Å²) in [7, 11) is 0. The van der Waals surface area contributed by atoms with Crippen LogP contribution in [0.25, 0.3) is 0 Å².